The zero-order chi connectivity index (χ0) is 10.2. The van der Waals surface area contributed by atoms with Crippen molar-refractivity contribution in [2.45, 2.75) is 20.3 Å². The Kier molecular flexibility index (Phi) is 2.66. The second kappa shape index (κ2) is 3.29. The maximum absolute atomic E-state index is 11.2. The molecule has 0 amide bonds. The van der Waals surface area contributed by atoms with E-state index in [4.69, 9.17) is 11.6 Å². The molecule has 0 N–H and O–H groups in total. The van der Waals surface area contributed by atoms with Crippen LogP contribution >= 0.6 is 11.6 Å². The molecule has 74 valence electrons. The average molecular weight is 205 g/mol. The van der Waals surface area contributed by atoms with Crippen molar-refractivity contribution in [3.63, 3.8) is 0 Å². The van der Waals surface area contributed by atoms with Crippen LogP contribution in [-0.2, 0) is 14.3 Å². The van der Waals surface area contributed by atoms with E-state index in [0.29, 0.717) is 6.42 Å². The third-order valence-electron chi connectivity index (χ3n) is 3.03. The Bertz CT molecular complexity index is 247. The fraction of sp³-hybridized carbons (Fsp3) is 0.778. The SMILES string of the molecule is COC(=O)C1CC(C(=O)Cl)C1(C)C. The second-order valence-corrected chi connectivity index (χ2v) is 4.36. The molecule has 0 aromatic heterocycles. The first-order chi connectivity index (χ1) is 5.91. The van der Waals surface area contributed by atoms with Gasteiger partial charge < -0.3 is 4.74 Å². The standard InChI is InChI=1S/C9H13ClO3/c1-9(2)5(7(10)11)4-6(9)8(12)13-3/h5-6H,4H2,1-3H3. The van der Waals surface area contributed by atoms with Crippen LogP contribution in [0.15, 0.2) is 0 Å². The molecule has 1 aliphatic carbocycles. The molecule has 1 aliphatic rings. The smallest absolute Gasteiger partial charge is 0.309 e. The predicted octanol–water partition coefficient (Wildman–Crippen LogP) is 1.59. The zero-order valence-electron chi connectivity index (χ0n) is 7.96. The van der Waals surface area contributed by atoms with Gasteiger partial charge in [-0.15, -0.1) is 0 Å². The summed E-state index contributed by atoms with van der Waals surface area (Å²) in [5.41, 5.74) is -0.355. The number of carbonyl (C=O) groups is 2. The topological polar surface area (TPSA) is 43.4 Å². The molecule has 0 heterocycles. The van der Waals surface area contributed by atoms with E-state index in [1.54, 1.807) is 0 Å². The molecule has 0 aliphatic heterocycles. The van der Waals surface area contributed by atoms with Gasteiger partial charge in [0.2, 0.25) is 5.24 Å². The van der Waals surface area contributed by atoms with Gasteiger partial charge in [-0.1, -0.05) is 13.8 Å². The van der Waals surface area contributed by atoms with Crippen molar-refractivity contribution in [2.24, 2.45) is 17.3 Å². The zero-order valence-corrected chi connectivity index (χ0v) is 8.72. The summed E-state index contributed by atoms with van der Waals surface area (Å²) in [7, 11) is 1.36. The molecule has 0 radical (unpaired) electrons. The van der Waals surface area contributed by atoms with E-state index in [1.807, 2.05) is 13.8 Å². The Morgan fingerprint density at radius 1 is 1.38 bits per heavy atom. The molecule has 1 rings (SSSR count). The first kappa shape index (κ1) is 10.5. The van der Waals surface area contributed by atoms with Crippen LogP contribution < -0.4 is 0 Å². The van der Waals surface area contributed by atoms with Gasteiger partial charge in [0.15, 0.2) is 0 Å². The highest BCUT2D eigenvalue weighted by Gasteiger charge is 2.55. The lowest BCUT2D eigenvalue weighted by atomic mass is 9.55. The van der Waals surface area contributed by atoms with Crippen LogP contribution in [-0.4, -0.2) is 18.3 Å². The van der Waals surface area contributed by atoms with Gasteiger partial charge in [0, 0.05) is 5.92 Å². The second-order valence-electron chi connectivity index (χ2n) is 3.99. The molecular weight excluding hydrogens is 192 g/mol. The van der Waals surface area contributed by atoms with Gasteiger partial charge >= 0.3 is 5.97 Å². The molecule has 1 fully saturated rings. The molecule has 0 bridgehead atoms. The fourth-order valence-electron chi connectivity index (χ4n) is 1.85. The van der Waals surface area contributed by atoms with E-state index in [1.165, 1.54) is 7.11 Å². The number of esters is 1. The van der Waals surface area contributed by atoms with Crippen LogP contribution in [0.3, 0.4) is 0 Å². The Balaban J connectivity index is 2.69. The van der Waals surface area contributed by atoms with E-state index < -0.39 is 0 Å². The predicted molar refractivity (Wildman–Crippen MR) is 48.3 cm³/mol. The molecule has 2 unspecified atom stereocenters. The third-order valence-corrected chi connectivity index (χ3v) is 3.29. The largest absolute Gasteiger partial charge is 0.469 e. The van der Waals surface area contributed by atoms with Gasteiger partial charge in [0.05, 0.1) is 13.0 Å². The van der Waals surface area contributed by atoms with E-state index in [2.05, 4.69) is 4.74 Å². The molecule has 1 saturated carbocycles. The van der Waals surface area contributed by atoms with E-state index in [0.717, 1.165) is 0 Å². The van der Waals surface area contributed by atoms with Crippen molar-refractivity contribution in [1.29, 1.82) is 0 Å². The number of hydrogen-bond acceptors (Lipinski definition) is 3. The highest BCUT2D eigenvalue weighted by molar-refractivity contribution is 6.64. The van der Waals surface area contributed by atoms with Crippen LogP contribution in [0, 0.1) is 17.3 Å². The first-order valence-electron chi connectivity index (χ1n) is 4.18. The van der Waals surface area contributed by atoms with Gasteiger partial charge in [0.1, 0.15) is 0 Å². The van der Waals surface area contributed by atoms with Crippen molar-refractivity contribution in [1.82, 2.24) is 0 Å². The lowest BCUT2D eigenvalue weighted by Crippen LogP contribution is -2.51. The summed E-state index contributed by atoms with van der Waals surface area (Å²) in [4.78, 5) is 22.1. The van der Waals surface area contributed by atoms with Gasteiger partial charge in [-0.2, -0.15) is 0 Å². The Morgan fingerprint density at radius 2 is 1.92 bits per heavy atom. The maximum Gasteiger partial charge on any atom is 0.309 e. The van der Waals surface area contributed by atoms with Crippen molar-refractivity contribution < 1.29 is 14.3 Å². The Labute approximate surface area is 82.4 Å². The number of methoxy groups -OCH3 is 1. The summed E-state index contributed by atoms with van der Waals surface area (Å²) in [6, 6.07) is 0. The highest BCUT2D eigenvalue weighted by Crippen LogP contribution is 2.52. The molecule has 0 aromatic carbocycles. The summed E-state index contributed by atoms with van der Waals surface area (Å²) >= 11 is 5.39. The van der Waals surface area contributed by atoms with Crippen molar-refractivity contribution in [2.75, 3.05) is 7.11 Å². The lowest BCUT2D eigenvalue weighted by molar-refractivity contribution is -0.163. The van der Waals surface area contributed by atoms with Crippen LogP contribution in [0.2, 0.25) is 0 Å². The minimum Gasteiger partial charge on any atom is -0.469 e. The highest BCUT2D eigenvalue weighted by atomic mass is 35.5. The maximum atomic E-state index is 11.2. The molecule has 2 atom stereocenters. The summed E-state index contributed by atoms with van der Waals surface area (Å²) < 4.78 is 4.62. The van der Waals surface area contributed by atoms with Crippen molar-refractivity contribution in [3.05, 3.63) is 0 Å². The van der Waals surface area contributed by atoms with Crippen molar-refractivity contribution in [3.8, 4) is 0 Å². The molecular formula is C9H13ClO3. The fourth-order valence-corrected chi connectivity index (χ4v) is 2.22. The van der Waals surface area contributed by atoms with E-state index in [-0.39, 0.29) is 28.5 Å². The van der Waals surface area contributed by atoms with Gasteiger partial charge in [-0.3, -0.25) is 9.59 Å². The van der Waals surface area contributed by atoms with E-state index in [9.17, 15) is 9.59 Å². The summed E-state index contributed by atoms with van der Waals surface area (Å²) in [5, 5.41) is -0.356. The molecule has 0 spiro atoms. The number of ether oxygens (including phenoxy) is 1. The van der Waals surface area contributed by atoms with Gasteiger partial charge in [-0.05, 0) is 23.4 Å². The number of hydrogen-bond donors (Lipinski definition) is 0. The molecule has 3 nitrogen and oxygen atoms in total. The van der Waals surface area contributed by atoms with Crippen LogP contribution in [0.5, 0.6) is 0 Å². The molecule has 13 heavy (non-hydrogen) atoms. The molecule has 0 aromatic rings. The third kappa shape index (κ3) is 1.57. The number of carbonyl (C=O) groups excluding carboxylic acids is 2. The van der Waals surface area contributed by atoms with Crippen molar-refractivity contribution >= 4 is 22.8 Å². The summed E-state index contributed by atoms with van der Waals surface area (Å²) in [6.07, 6.45) is 0.516. The van der Waals surface area contributed by atoms with Crippen LogP contribution in [0.25, 0.3) is 0 Å². The summed E-state index contributed by atoms with van der Waals surface area (Å²) in [6.45, 7) is 3.73. The minimum atomic E-state index is -0.356. The molecule has 0 saturated heterocycles. The normalized spacial score (nSPS) is 30.5. The number of halogens is 1. The summed E-state index contributed by atoms with van der Waals surface area (Å²) in [5.74, 6) is -0.650. The Morgan fingerprint density at radius 3 is 2.23 bits per heavy atom. The van der Waals surface area contributed by atoms with Gasteiger partial charge in [0.25, 0.3) is 0 Å². The van der Waals surface area contributed by atoms with Gasteiger partial charge in [-0.25, -0.2) is 0 Å². The van der Waals surface area contributed by atoms with Crippen LogP contribution in [0.1, 0.15) is 20.3 Å². The lowest BCUT2D eigenvalue weighted by Gasteiger charge is -2.48. The van der Waals surface area contributed by atoms with Crippen LogP contribution in [0.4, 0.5) is 0 Å². The average Bonchev–Trinajstić information content (AvgIpc) is 2.01. The van der Waals surface area contributed by atoms with E-state index >= 15 is 0 Å². The number of rotatable bonds is 2. The monoisotopic (exact) mass is 204 g/mol. The first-order valence-corrected chi connectivity index (χ1v) is 4.56. The Hall–Kier alpha value is -0.570. The minimum absolute atomic E-state index is 0.190. The quantitative estimate of drug-likeness (QED) is 0.507. The molecule has 4 heteroatoms.